The quantitative estimate of drug-likeness (QED) is 0.733. The Kier molecular flexibility index (Phi) is 7.12. The van der Waals surface area contributed by atoms with Crippen molar-refractivity contribution in [2.75, 3.05) is 32.1 Å². The molecule has 1 aliphatic carbocycles. The highest BCUT2D eigenvalue weighted by molar-refractivity contribution is 5.76. The average molecular weight is 424 g/mol. The molecule has 2 aliphatic rings. The number of carbonyl (C=O) groups is 1. The molecule has 0 aromatic carbocycles. The fourth-order valence-electron chi connectivity index (χ4n) is 4.61. The smallest absolute Gasteiger partial charge is 0.225 e. The monoisotopic (exact) mass is 423 g/mol. The summed E-state index contributed by atoms with van der Waals surface area (Å²) in [6.45, 7) is 1.55. The van der Waals surface area contributed by atoms with Gasteiger partial charge in [-0.2, -0.15) is 0 Å². The van der Waals surface area contributed by atoms with E-state index >= 15 is 0 Å². The van der Waals surface area contributed by atoms with Crippen LogP contribution in [0, 0.1) is 5.92 Å². The molecule has 1 saturated carbocycles. The minimum Gasteiger partial charge on any atom is -0.378 e. The Balaban J connectivity index is 1.37. The molecule has 2 aromatic rings. The molecule has 7 nitrogen and oxygen atoms in total. The first-order valence-corrected chi connectivity index (χ1v) is 11.4. The lowest BCUT2D eigenvalue weighted by Crippen LogP contribution is -2.33. The number of hydrogen-bond donors (Lipinski definition) is 1. The molecule has 3 heterocycles. The molecule has 1 N–H and O–H groups in total. The summed E-state index contributed by atoms with van der Waals surface area (Å²) >= 11 is 0. The number of nitrogens with one attached hydrogen (secondary N) is 1. The first-order chi connectivity index (χ1) is 15.1. The lowest BCUT2D eigenvalue weighted by Gasteiger charge is -2.29. The van der Waals surface area contributed by atoms with E-state index in [1.54, 1.807) is 0 Å². The Bertz CT molecular complexity index is 860. The lowest BCUT2D eigenvalue weighted by molar-refractivity contribution is -0.123. The number of rotatable bonds is 7. The summed E-state index contributed by atoms with van der Waals surface area (Å²) in [5.41, 5.74) is 3.05. The SMILES string of the molecule is CN(C)c1ncc(-c2ccccn2)c(C2CCC(CNC(=O)CC3CCCO3)CC2)n1. The summed E-state index contributed by atoms with van der Waals surface area (Å²) < 4.78 is 5.57. The van der Waals surface area contributed by atoms with Crippen molar-refractivity contribution in [2.24, 2.45) is 5.92 Å². The second kappa shape index (κ2) is 10.2. The van der Waals surface area contributed by atoms with Crippen molar-refractivity contribution in [3.05, 3.63) is 36.3 Å². The number of amides is 1. The van der Waals surface area contributed by atoms with E-state index in [2.05, 4.69) is 15.3 Å². The minimum absolute atomic E-state index is 0.115. The van der Waals surface area contributed by atoms with Gasteiger partial charge in [0.2, 0.25) is 11.9 Å². The second-order valence-corrected chi connectivity index (χ2v) is 8.94. The second-order valence-electron chi connectivity index (χ2n) is 8.94. The molecule has 1 amide bonds. The van der Waals surface area contributed by atoms with E-state index in [1.807, 2.05) is 49.6 Å². The molecule has 0 radical (unpaired) electrons. The van der Waals surface area contributed by atoms with Crippen LogP contribution in [0.5, 0.6) is 0 Å². The van der Waals surface area contributed by atoms with Crippen LogP contribution < -0.4 is 10.2 Å². The van der Waals surface area contributed by atoms with Crippen LogP contribution in [0.15, 0.2) is 30.6 Å². The van der Waals surface area contributed by atoms with Crippen LogP contribution in [0.4, 0.5) is 5.95 Å². The van der Waals surface area contributed by atoms with E-state index in [4.69, 9.17) is 9.72 Å². The van der Waals surface area contributed by atoms with Crippen LogP contribution in [-0.4, -0.2) is 54.2 Å². The van der Waals surface area contributed by atoms with E-state index in [0.29, 0.717) is 18.3 Å². The van der Waals surface area contributed by atoms with Gasteiger partial charge >= 0.3 is 0 Å². The standard InChI is InChI=1S/C24H33N5O2/c1-29(2)24-27-16-20(21-7-3-4-12-25-21)23(28-24)18-10-8-17(9-11-18)15-26-22(30)14-19-6-5-13-31-19/h3-4,7,12,16-19H,5-6,8-11,13-15H2,1-2H3,(H,26,30). The predicted octanol–water partition coefficient (Wildman–Crippen LogP) is 3.56. The fraction of sp³-hybridized carbons (Fsp3) is 0.583. The summed E-state index contributed by atoms with van der Waals surface area (Å²) in [6, 6.07) is 5.95. The molecule has 31 heavy (non-hydrogen) atoms. The Morgan fingerprint density at radius 1 is 1.16 bits per heavy atom. The van der Waals surface area contributed by atoms with Crippen LogP contribution in [0.1, 0.15) is 56.6 Å². The topological polar surface area (TPSA) is 80.2 Å². The zero-order chi connectivity index (χ0) is 21.6. The van der Waals surface area contributed by atoms with Gasteiger partial charge in [-0.05, 0) is 56.6 Å². The highest BCUT2D eigenvalue weighted by Gasteiger charge is 2.27. The first kappa shape index (κ1) is 21.7. The average Bonchev–Trinajstić information content (AvgIpc) is 3.31. The van der Waals surface area contributed by atoms with Gasteiger partial charge in [-0.15, -0.1) is 0 Å². The maximum Gasteiger partial charge on any atom is 0.225 e. The van der Waals surface area contributed by atoms with Gasteiger partial charge in [-0.3, -0.25) is 9.78 Å². The van der Waals surface area contributed by atoms with Crippen molar-refractivity contribution in [3.8, 4) is 11.3 Å². The number of anilines is 1. The third-order valence-electron chi connectivity index (χ3n) is 6.40. The van der Waals surface area contributed by atoms with Gasteiger partial charge in [0, 0.05) is 51.1 Å². The van der Waals surface area contributed by atoms with E-state index in [-0.39, 0.29) is 12.0 Å². The molecule has 4 rings (SSSR count). The molecule has 2 aromatic heterocycles. The van der Waals surface area contributed by atoms with Gasteiger partial charge in [0.25, 0.3) is 0 Å². The van der Waals surface area contributed by atoms with Crippen LogP contribution >= 0.6 is 0 Å². The zero-order valence-corrected chi connectivity index (χ0v) is 18.6. The van der Waals surface area contributed by atoms with Gasteiger partial charge in [0.05, 0.1) is 23.9 Å². The Hall–Kier alpha value is -2.54. The molecule has 0 spiro atoms. The normalized spacial score (nSPS) is 23.5. The highest BCUT2D eigenvalue weighted by atomic mass is 16.5. The van der Waals surface area contributed by atoms with Gasteiger partial charge in [0.1, 0.15) is 0 Å². The molecule has 0 bridgehead atoms. The van der Waals surface area contributed by atoms with Gasteiger partial charge in [-0.1, -0.05) is 6.07 Å². The first-order valence-electron chi connectivity index (χ1n) is 11.4. The number of nitrogens with zero attached hydrogens (tertiary/aromatic N) is 4. The van der Waals surface area contributed by atoms with Crippen molar-refractivity contribution in [1.29, 1.82) is 0 Å². The van der Waals surface area contributed by atoms with E-state index in [1.165, 1.54) is 0 Å². The minimum atomic E-state index is 0.115. The fourth-order valence-corrected chi connectivity index (χ4v) is 4.61. The van der Waals surface area contributed by atoms with Crippen LogP contribution in [0.2, 0.25) is 0 Å². The molecule has 1 aliphatic heterocycles. The highest BCUT2D eigenvalue weighted by Crippen LogP contribution is 2.38. The Morgan fingerprint density at radius 3 is 2.68 bits per heavy atom. The number of ether oxygens (including phenoxy) is 1. The maximum atomic E-state index is 12.2. The number of hydrogen-bond acceptors (Lipinski definition) is 6. The molecule has 1 unspecified atom stereocenters. The molecular formula is C24H33N5O2. The summed E-state index contributed by atoms with van der Waals surface area (Å²) in [5, 5.41) is 3.13. The van der Waals surface area contributed by atoms with Crippen molar-refractivity contribution in [2.45, 2.75) is 57.0 Å². The largest absolute Gasteiger partial charge is 0.378 e. The Morgan fingerprint density at radius 2 is 2.00 bits per heavy atom. The van der Waals surface area contributed by atoms with Crippen molar-refractivity contribution >= 4 is 11.9 Å². The van der Waals surface area contributed by atoms with Crippen molar-refractivity contribution in [1.82, 2.24) is 20.3 Å². The molecular weight excluding hydrogens is 390 g/mol. The molecule has 1 saturated heterocycles. The number of aromatic nitrogens is 3. The van der Waals surface area contributed by atoms with Crippen molar-refractivity contribution < 1.29 is 9.53 Å². The summed E-state index contributed by atoms with van der Waals surface area (Å²) in [7, 11) is 3.94. The van der Waals surface area contributed by atoms with Gasteiger partial charge in [0.15, 0.2) is 0 Å². The number of pyridine rings is 1. The maximum absolute atomic E-state index is 12.2. The van der Waals surface area contributed by atoms with Crippen LogP contribution in [0.25, 0.3) is 11.3 Å². The molecule has 1 atom stereocenters. The zero-order valence-electron chi connectivity index (χ0n) is 18.6. The van der Waals surface area contributed by atoms with E-state index < -0.39 is 0 Å². The summed E-state index contributed by atoms with van der Waals surface area (Å²) in [4.78, 5) is 28.1. The Labute approximate surface area is 184 Å². The van der Waals surface area contributed by atoms with E-state index in [0.717, 1.165) is 74.6 Å². The van der Waals surface area contributed by atoms with Crippen molar-refractivity contribution in [3.63, 3.8) is 0 Å². The van der Waals surface area contributed by atoms with Gasteiger partial charge < -0.3 is 15.0 Å². The summed E-state index contributed by atoms with van der Waals surface area (Å²) in [5.74, 6) is 1.77. The predicted molar refractivity (Wildman–Crippen MR) is 121 cm³/mol. The van der Waals surface area contributed by atoms with Crippen LogP contribution in [0.3, 0.4) is 0 Å². The van der Waals surface area contributed by atoms with Gasteiger partial charge in [-0.25, -0.2) is 9.97 Å². The van der Waals surface area contributed by atoms with E-state index in [9.17, 15) is 4.79 Å². The summed E-state index contributed by atoms with van der Waals surface area (Å²) in [6.07, 6.45) is 10.7. The molecule has 2 fully saturated rings. The van der Waals surface area contributed by atoms with Crippen LogP contribution in [-0.2, 0) is 9.53 Å². The molecule has 166 valence electrons. The third-order valence-corrected chi connectivity index (χ3v) is 6.40. The third kappa shape index (κ3) is 5.58. The number of carbonyl (C=O) groups excluding carboxylic acids is 1. The lowest BCUT2D eigenvalue weighted by atomic mass is 9.79. The molecule has 7 heteroatoms.